The zero-order chi connectivity index (χ0) is 13.2. The van der Waals surface area contributed by atoms with E-state index >= 15 is 0 Å². The fourth-order valence-electron chi connectivity index (χ4n) is 2.39. The molecular weight excluding hydrogens is 248 g/mol. The van der Waals surface area contributed by atoms with Gasteiger partial charge in [-0.25, -0.2) is 8.42 Å². The quantitative estimate of drug-likeness (QED) is 0.828. The van der Waals surface area contributed by atoms with Crippen LogP contribution < -0.4 is 10.5 Å². The lowest BCUT2D eigenvalue weighted by Crippen LogP contribution is -2.30. The molecule has 1 aromatic carbocycles. The molecule has 18 heavy (non-hydrogen) atoms. The molecule has 100 valence electrons. The van der Waals surface area contributed by atoms with Gasteiger partial charge in [-0.15, -0.1) is 0 Å². The molecule has 0 atom stereocenters. The van der Waals surface area contributed by atoms with Crippen LogP contribution in [0.2, 0.25) is 0 Å². The van der Waals surface area contributed by atoms with Gasteiger partial charge in [-0.05, 0) is 37.5 Å². The molecule has 0 amide bonds. The van der Waals surface area contributed by atoms with Gasteiger partial charge < -0.3 is 5.73 Å². The van der Waals surface area contributed by atoms with Crippen LogP contribution in [0.5, 0.6) is 0 Å². The summed E-state index contributed by atoms with van der Waals surface area (Å²) in [4.78, 5) is 0. The Balaban J connectivity index is 2.16. The summed E-state index contributed by atoms with van der Waals surface area (Å²) in [5.74, 6) is 0. The van der Waals surface area contributed by atoms with Crippen LogP contribution in [0.4, 0.5) is 11.4 Å². The first kappa shape index (κ1) is 13.2. The molecular formula is C13H20N2O2S. The van der Waals surface area contributed by atoms with Crippen LogP contribution >= 0.6 is 0 Å². The standard InChI is InChI=1S/C13H20N2O2S/c1-10-7-8-13(12(14)9-10)15-18(16,17)11-5-3-2-4-6-11/h7-9,11,15H,2-6,14H2,1H3. The number of nitrogen functional groups attached to an aromatic ring is 1. The van der Waals surface area contributed by atoms with Crippen LogP contribution in [-0.2, 0) is 10.0 Å². The highest BCUT2D eigenvalue weighted by Gasteiger charge is 2.27. The van der Waals surface area contributed by atoms with Crippen molar-refractivity contribution in [1.82, 2.24) is 0 Å². The maximum absolute atomic E-state index is 12.2. The van der Waals surface area contributed by atoms with Crippen molar-refractivity contribution in [3.05, 3.63) is 23.8 Å². The van der Waals surface area contributed by atoms with Gasteiger partial charge in [0.05, 0.1) is 16.6 Å². The molecule has 2 rings (SSSR count). The molecule has 5 heteroatoms. The predicted octanol–water partition coefficient (Wildman–Crippen LogP) is 2.65. The van der Waals surface area contributed by atoms with E-state index in [1.54, 1.807) is 12.1 Å². The third kappa shape index (κ3) is 2.96. The third-order valence-electron chi connectivity index (χ3n) is 3.45. The lowest BCUT2D eigenvalue weighted by Gasteiger charge is -2.22. The molecule has 1 aliphatic rings. The SMILES string of the molecule is Cc1ccc(NS(=O)(=O)C2CCCCC2)c(N)c1. The van der Waals surface area contributed by atoms with Crippen molar-refractivity contribution in [2.24, 2.45) is 0 Å². The zero-order valence-corrected chi connectivity index (χ0v) is 11.5. The van der Waals surface area contributed by atoms with Gasteiger partial charge in [0.1, 0.15) is 0 Å². The maximum atomic E-state index is 12.2. The lowest BCUT2D eigenvalue weighted by molar-refractivity contribution is 0.486. The summed E-state index contributed by atoms with van der Waals surface area (Å²) in [6.07, 6.45) is 4.63. The van der Waals surface area contributed by atoms with Gasteiger partial charge in [0.2, 0.25) is 10.0 Å². The average molecular weight is 268 g/mol. The van der Waals surface area contributed by atoms with Gasteiger partial charge in [-0.2, -0.15) is 0 Å². The van der Waals surface area contributed by atoms with E-state index in [-0.39, 0.29) is 5.25 Å². The molecule has 0 spiro atoms. The Labute approximate surface area is 109 Å². The summed E-state index contributed by atoms with van der Waals surface area (Å²) < 4.78 is 27.1. The Morgan fingerprint density at radius 2 is 1.89 bits per heavy atom. The van der Waals surface area contributed by atoms with E-state index in [2.05, 4.69) is 4.72 Å². The molecule has 1 fully saturated rings. The largest absolute Gasteiger partial charge is 0.397 e. The highest BCUT2D eigenvalue weighted by atomic mass is 32.2. The Hall–Kier alpha value is -1.23. The van der Waals surface area contributed by atoms with Crippen LogP contribution in [0.15, 0.2) is 18.2 Å². The molecule has 1 aromatic rings. The highest BCUT2D eigenvalue weighted by Crippen LogP contribution is 2.27. The minimum absolute atomic E-state index is 0.271. The number of rotatable bonds is 3. The molecule has 4 nitrogen and oxygen atoms in total. The molecule has 1 saturated carbocycles. The van der Waals surface area contributed by atoms with E-state index in [9.17, 15) is 8.42 Å². The summed E-state index contributed by atoms with van der Waals surface area (Å²) in [5, 5.41) is -0.271. The summed E-state index contributed by atoms with van der Waals surface area (Å²) >= 11 is 0. The van der Waals surface area contributed by atoms with E-state index in [0.717, 1.165) is 37.7 Å². The normalized spacial score (nSPS) is 17.6. The second kappa shape index (κ2) is 5.18. The Bertz CT molecular complexity index is 520. The first-order chi connectivity index (χ1) is 8.49. The predicted molar refractivity (Wildman–Crippen MR) is 75.0 cm³/mol. The second-order valence-corrected chi connectivity index (χ2v) is 6.96. The number of aryl methyl sites for hydroxylation is 1. The molecule has 3 N–H and O–H groups in total. The number of hydrogen-bond acceptors (Lipinski definition) is 3. The number of benzene rings is 1. The van der Waals surface area contributed by atoms with Crippen LogP contribution in [0, 0.1) is 6.92 Å². The molecule has 0 saturated heterocycles. The summed E-state index contributed by atoms with van der Waals surface area (Å²) in [5.41, 5.74) is 7.83. The summed E-state index contributed by atoms with van der Waals surface area (Å²) in [7, 11) is -3.30. The molecule has 0 bridgehead atoms. The fourth-order valence-corrected chi connectivity index (χ4v) is 4.00. The number of sulfonamides is 1. The van der Waals surface area contributed by atoms with Crippen LogP contribution in [-0.4, -0.2) is 13.7 Å². The number of hydrogen-bond donors (Lipinski definition) is 2. The highest BCUT2D eigenvalue weighted by molar-refractivity contribution is 7.93. The Kier molecular flexibility index (Phi) is 3.80. The number of anilines is 2. The van der Waals surface area contributed by atoms with Crippen LogP contribution in [0.1, 0.15) is 37.7 Å². The van der Waals surface area contributed by atoms with Gasteiger partial charge >= 0.3 is 0 Å². The van der Waals surface area contributed by atoms with E-state index in [1.807, 2.05) is 13.0 Å². The summed E-state index contributed by atoms with van der Waals surface area (Å²) in [6, 6.07) is 5.36. The van der Waals surface area contributed by atoms with Gasteiger partial charge in [0.15, 0.2) is 0 Å². The van der Waals surface area contributed by atoms with Crippen molar-refractivity contribution in [2.45, 2.75) is 44.3 Å². The third-order valence-corrected chi connectivity index (χ3v) is 5.30. The van der Waals surface area contributed by atoms with Gasteiger partial charge in [-0.3, -0.25) is 4.72 Å². The average Bonchev–Trinajstić information content (AvgIpc) is 2.34. The topological polar surface area (TPSA) is 72.2 Å². The van der Waals surface area contributed by atoms with E-state index < -0.39 is 10.0 Å². The van der Waals surface area contributed by atoms with Crippen molar-refractivity contribution in [1.29, 1.82) is 0 Å². The van der Waals surface area contributed by atoms with Crippen LogP contribution in [0.3, 0.4) is 0 Å². The number of nitrogens with two attached hydrogens (primary N) is 1. The van der Waals surface area contributed by atoms with Crippen molar-refractivity contribution < 1.29 is 8.42 Å². The molecule has 0 heterocycles. The van der Waals surface area contributed by atoms with E-state index in [0.29, 0.717) is 11.4 Å². The Morgan fingerprint density at radius 1 is 1.22 bits per heavy atom. The number of nitrogens with one attached hydrogen (secondary N) is 1. The van der Waals surface area contributed by atoms with E-state index in [4.69, 9.17) is 5.73 Å². The zero-order valence-electron chi connectivity index (χ0n) is 10.6. The van der Waals surface area contributed by atoms with Crippen LogP contribution in [0.25, 0.3) is 0 Å². The van der Waals surface area contributed by atoms with Crippen molar-refractivity contribution in [3.63, 3.8) is 0 Å². The first-order valence-corrected chi connectivity index (χ1v) is 7.91. The molecule has 0 unspecified atom stereocenters. The smallest absolute Gasteiger partial charge is 0.235 e. The van der Waals surface area contributed by atoms with Crippen molar-refractivity contribution in [3.8, 4) is 0 Å². The van der Waals surface area contributed by atoms with Crippen molar-refractivity contribution in [2.75, 3.05) is 10.5 Å². The lowest BCUT2D eigenvalue weighted by atomic mass is 10.0. The minimum atomic E-state index is -3.30. The monoisotopic (exact) mass is 268 g/mol. The first-order valence-electron chi connectivity index (χ1n) is 6.37. The van der Waals surface area contributed by atoms with Gasteiger partial charge in [0, 0.05) is 0 Å². The molecule has 0 radical (unpaired) electrons. The molecule has 1 aliphatic carbocycles. The Morgan fingerprint density at radius 3 is 2.50 bits per heavy atom. The second-order valence-electron chi connectivity index (χ2n) is 5.00. The van der Waals surface area contributed by atoms with Crippen molar-refractivity contribution >= 4 is 21.4 Å². The fraction of sp³-hybridized carbons (Fsp3) is 0.538. The van der Waals surface area contributed by atoms with Gasteiger partial charge in [-0.1, -0.05) is 25.3 Å². The molecule has 0 aliphatic heterocycles. The van der Waals surface area contributed by atoms with E-state index in [1.165, 1.54) is 0 Å². The molecule has 0 aromatic heterocycles. The maximum Gasteiger partial charge on any atom is 0.235 e. The van der Waals surface area contributed by atoms with Gasteiger partial charge in [0.25, 0.3) is 0 Å². The minimum Gasteiger partial charge on any atom is -0.397 e. The summed E-state index contributed by atoms with van der Waals surface area (Å²) in [6.45, 7) is 1.93.